The summed E-state index contributed by atoms with van der Waals surface area (Å²) in [5.74, 6) is 0. The van der Waals surface area contributed by atoms with Crippen LogP contribution in [0.15, 0.2) is 72.8 Å². The maximum Gasteiger partial charge on any atom is 0.416 e. The Morgan fingerprint density at radius 3 is 2.34 bits per heavy atom. The molecule has 3 aromatic carbocycles. The van der Waals surface area contributed by atoms with Gasteiger partial charge in [0.05, 0.1) is 5.56 Å². The van der Waals surface area contributed by atoms with E-state index in [0.29, 0.717) is 22.8 Å². The lowest BCUT2D eigenvalue weighted by molar-refractivity contribution is -0.137. The summed E-state index contributed by atoms with van der Waals surface area (Å²) in [7, 11) is 0. The van der Waals surface area contributed by atoms with Crippen molar-refractivity contribution in [1.29, 1.82) is 0 Å². The van der Waals surface area contributed by atoms with Crippen molar-refractivity contribution >= 4 is 40.7 Å². The van der Waals surface area contributed by atoms with Gasteiger partial charge in [-0.05, 0) is 67.4 Å². The highest BCUT2D eigenvalue weighted by Crippen LogP contribution is 2.32. The fourth-order valence-electron chi connectivity index (χ4n) is 3.24. The largest absolute Gasteiger partial charge is 0.416 e. The van der Waals surface area contributed by atoms with Gasteiger partial charge in [-0.25, -0.2) is 9.59 Å². The molecule has 35 heavy (non-hydrogen) atoms. The summed E-state index contributed by atoms with van der Waals surface area (Å²) in [4.78, 5) is 26.4. The number of nitrogens with zero attached hydrogens (tertiary/aromatic N) is 1. The van der Waals surface area contributed by atoms with E-state index in [2.05, 4.69) is 16.0 Å². The number of nitrogens with one attached hydrogen (secondary N) is 3. The fraction of sp³-hybridized carbons (Fsp3) is 0.200. The maximum atomic E-state index is 13.2. The molecule has 0 aromatic heterocycles. The number of hydrogen-bond donors (Lipinski definition) is 3. The number of amides is 4. The summed E-state index contributed by atoms with van der Waals surface area (Å²) in [5.41, 5.74) is 1.22. The zero-order valence-electron chi connectivity index (χ0n) is 18.8. The van der Waals surface area contributed by atoms with Crippen LogP contribution in [-0.4, -0.2) is 25.2 Å². The predicted molar refractivity (Wildman–Crippen MR) is 132 cm³/mol. The van der Waals surface area contributed by atoms with Crippen LogP contribution in [0.3, 0.4) is 0 Å². The van der Waals surface area contributed by atoms with Gasteiger partial charge in [-0.1, -0.05) is 35.9 Å². The number of aryl methyl sites for hydroxylation is 1. The molecule has 4 amide bonds. The van der Waals surface area contributed by atoms with Crippen LogP contribution in [0.5, 0.6) is 0 Å². The number of urea groups is 2. The number of carbonyl (C=O) groups excluding carboxylic acids is 2. The van der Waals surface area contributed by atoms with Crippen molar-refractivity contribution in [2.24, 2.45) is 0 Å². The Balaban J connectivity index is 1.67. The van der Waals surface area contributed by atoms with E-state index in [4.69, 9.17) is 11.6 Å². The Morgan fingerprint density at radius 2 is 1.66 bits per heavy atom. The van der Waals surface area contributed by atoms with Gasteiger partial charge in [0, 0.05) is 35.2 Å². The van der Waals surface area contributed by atoms with Gasteiger partial charge in [0.2, 0.25) is 0 Å². The standard InChI is InChI=1S/C25H24ClF3N4O2/c1-17-6-2-3-9-22(17)32-23(34)30-14-5-15-33(21-8-4-7-18(16-21)25(27,28)29)24(35)31-20-12-10-19(26)11-13-20/h2-4,6-13,16H,5,14-15H2,1H3,(H,31,35)(H2,30,32,34). The zero-order valence-corrected chi connectivity index (χ0v) is 19.6. The number of halogens is 4. The van der Waals surface area contributed by atoms with Crippen LogP contribution < -0.4 is 20.9 Å². The van der Waals surface area contributed by atoms with Crippen LogP contribution in [0.2, 0.25) is 5.02 Å². The number of hydrogen-bond acceptors (Lipinski definition) is 2. The highest BCUT2D eigenvalue weighted by molar-refractivity contribution is 6.30. The lowest BCUT2D eigenvalue weighted by atomic mass is 10.1. The number of para-hydroxylation sites is 1. The molecule has 0 radical (unpaired) electrons. The average Bonchev–Trinajstić information content (AvgIpc) is 2.81. The SMILES string of the molecule is Cc1ccccc1NC(=O)NCCCN(C(=O)Nc1ccc(Cl)cc1)c1cccc(C(F)(F)F)c1. The first-order valence-electron chi connectivity index (χ1n) is 10.8. The van der Waals surface area contributed by atoms with Gasteiger partial charge in [0.25, 0.3) is 0 Å². The second-order valence-electron chi connectivity index (χ2n) is 7.69. The molecule has 6 nitrogen and oxygen atoms in total. The molecular weight excluding hydrogens is 481 g/mol. The molecule has 3 rings (SSSR count). The normalized spacial score (nSPS) is 11.0. The van der Waals surface area contributed by atoms with E-state index in [9.17, 15) is 22.8 Å². The number of carbonyl (C=O) groups is 2. The van der Waals surface area contributed by atoms with Crippen molar-refractivity contribution in [3.05, 3.63) is 88.9 Å². The molecule has 0 unspecified atom stereocenters. The molecule has 3 N–H and O–H groups in total. The number of benzene rings is 3. The van der Waals surface area contributed by atoms with E-state index < -0.39 is 23.8 Å². The Kier molecular flexibility index (Phi) is 8.59. The minimum Gasteiger partial charge on any atom is -0.338 e. The Labute approximate surface area is 206 Å². The lowest BCUT2D eigenvalue weighted by Crippen LogP contribution is -2.38. The minimum absolute atomic E-state index is 0.0609. The first-order chi connectivity index (χ1) is 16.6. The molecule has 0 aliphatic heterocycles. The van der Waals surface area contributed by atoms with Gasteiger partial charge in [-0.3, -0.25) is 4.90 Å². The molecule has 0 spiro atoms. The van der Waals surface area contributed by atoms with E-state index in [1.54, 1.807) is 36.4 Å². The quantitative estimate of drug-likeness (QED) is 0.306. The third kappa shape index (κ3) is 7.65. The monoisotopic (exact) mass is 504 g/mol. The topological polar surface area (TPSA) is 73.5 Å². The van der Waals surface area contributed by atoms with Crippen molar-refractivity contribution in [3.8, 4) is 0 Å². The lowest BCUT2D eigenvalue weighted by Gasteiger charge is -2.24. The molecule has 0 bridgehead atoms. The van der Waals surface area contributed by atoms with Crippen LogP contribution >= 0.6 is 11.6 Å². The molecule has 0 atom stereocenters. The van der Waals surface area contributed by atoms with E-state index in [-0.39, 0.29) is 18.8 Å². The number of rotatable bonds is 7. The second-order valence-corrected chi connectivity index (χ2v) is 8.12. The highest BCUT2D eigenvalue weighted by Gasteiger charge is 2.31. The maximum absolute atomic E-state index is 13.2. The molecule has 0 fully saturated rings. The van der Waals surface area contributed by atoms with E-state index in [1.807, 2.05) is 19.1 Å². The van der Waals surface area contributed by atoms with Crippen LogP contribution in [0.25, 0.3) is 0 Å². The van der Waals surface area contributed by atoms with Gasteiger partial charge in [0.1, 0.15) is 0 Å². The van der Waals surface area contributed by atoms with Crippen LogP contribution in [0.4, 0.5) is 39.8 Å². The van der Waals surface area contributed by atoms with Crippen molar-refractivity contribution in [1.82, 2.24) is 5.32 Å². The van der Waals surface area contributed by atoms with Gasteiger partial charge in [0.15, 0.2) is 0 Å². The first kappa shape index (κ1) is 25.9. The molecule has 0 saturated heterocycles. The first-order valence-corrected chi connectivity index (χ1v) is 11.1. The third-order valence-corrected chi connectivity index (χ3v) is 5.32. The summed E-state index contributed by atoms with van der Waals surface area (Å²) in [6.07, 6.45) is -4.25. The van der Waals surface area contributed by atoms with Crippen LogP contribution in [-0.2, 0) is 6.18 Å². The van der Waals surface area contributed by atoms with Crippen molar-refractivity contribution in [2.75, 3.05) is 28.6 Å². The summed E-state index contributed by atoms with van der Waals surface area (Å²) in [5, 5.41) is 8.57. The number of alkyl halides is 3. The molecule has 184 valence electrons. The third-order valence-electron chi connectivity index (χ3n) is 5.06. The van der Waals surface area contributed by atoms with E-state index >= 15 is 0 Å². The minimum atomic E-state index is -4.55. The molecule has 0 aliphatic rings. The van der Waals surface area contributed by atoms with Crippen LogP contribution in [0.1, 0.15) is 17.5 Å². The second kappa shape index (κ2) is 11.6. The zero-order chi connectivity index (χ0) is 25.4. The summed E-state index contributed by atoms with van der Waals surface area (Å²) in [6.45, 7) is 2.12. The van der Waals surface area contributed by atoms with Gasteiger partial charge in [-0.15, -0.1) is 0 Å². The Hall–Kier alpha value is -3.72. The molecule has 3 aromatic rings. The van der Waals surface area contributed by atoms with Gasteiger partial charge in [-0.2, -0.15) is 13.2 Å². The molecule has 0 saturated carbocycles. The molecule has 0 heterocycles. The van der Waals surface area contributed by atoms with Gasteiger partial charge >= 0.3 is 18.2 Å². The van der Waals surface area contributed by atoms with Crippen molar-refractivity contribution in [3.63, 3.8) is 0 Å². The summed E-state index contributed by atoms with van der Waals surface area (Å²) >= 11 is 5.87. The molecule has 0 aliphatic carbocycles. The smallest absolute Gasteiger partial charge is 0.338 e. The Bertz CT molecular complexity index is 1170. The highest BCUT2D eigenvalue weighted by atomic mass is 35.5. The average molecular weight is 505 g/mol. The van der Waals surface area contributed by atoms with Crippen molar-refractivity contribution in [2.45, 2.75) is 19.5 Å². The van der Waals surface area contributed by atoms with Crippen molar-refractivity contribution < 1.29 is 22.8 Å². The van der Waals surface area contributed by atoms with E-state index in [1.165, 1.54) is 17.0 Å². The summed E-state index contributed by atoms with van der Waals surface area (Å²) < 4.78 is 39.7. The molecular formula is C25H24ClF3N4O2. The Morgan fingerprint density at radius 1 is 0.943 bits per heavy atom. The van der Waals surface area contributed by atoms with E-state index in [0.717, 1.165) is 17.7 Å². The predicted octanol–water partition coefficient (Wildman–Crippen LogP) is 6.92. The molecule has 10 heteroatoms. The van der Waals surface area contributed by atoms with Gasteiger partial charge < -0.3 is 16.0 Å². The van der Waals surface area contributed by atoms with Crippen LogP contribution in [0, 0.1) is 6.92 Å². The summed E-state index contributed by atoms with van der Waals surface area (Å²) in [6, 6.07) is 17.1. The fourth-order valence-corrected chi connectivity index (χ4v) is 3.37. The number of anilines is 3.